The van der Waals surface area contributed by atoms with E-state index in [2.05, 4.69) is 20.8 Å². The number of amides is 1. The van der Waals surface area contributed by atoms with Gasteiger partial charge in [0.25, 0.3) is 5.91 Å². The van der Waals surface area contributed by atoms with Gasteiger partial charge in [-0.3, -0.25) is 4.79 Å². The number of nitrogens with one attached hydrogen (secondary N) is 1. The van der Waals surface area contributed by atoms with Gasteiger partial charge in [-0.15, -0.1) is 5.10 Å². The molecule has 0 spiro atoms. The SMILES string of the molecule is O=C(COC(=O)[C@H](Cc1ccccc1)n1cnnn1)NCCc1ccc(Cl)cc1. The number of aromatic nitrogens is 4. The molecule has 0 saturated carbocycles. The zero-order chi connectivity index (χ0) is 20.5. The topological polar surface area (TPSA) is 99.0 Å². The molecule has 1 atom stereocenters. The number of hydrogen-bond acceptors (Lipinski definition) is 6. The second-order valence-electron chi connectivity index (χ2n) is 6.33. The van der Waals surface area contributed by atoms with Crippen LogP contribution in [0.15, 0.2) is 60.9 Å². The molecule has 1 heterocycles. The van der Waals surface area contributed by atoms with E-state index in [-0.39, 0.29) is 12.5 Å². The number of ether oxygens (including phenoxy) is 1. The molecular weight excluding hydrogens is 394 g/mol. The van der Waals surface area contributed by atoms with Gasteiger partial charge in [0.1, 0.15) is 6.33 Å². The highest BCUT2D eigenvalue weighted by molar-refractivity contribution is 6.30. The van der Waals surface area contributed by atoms with Crippen molar-refractivity contribution < 1.29 is 14.3 Å². The number of nitrogens with zero attached hydrogens (tertiary/aromatic N) is 4. The lowest BCUT2D eigenvalue weighted by molar-refractivity contribution is -0.152. The number of esters is 1. The Labute approximate surface area is 172 Å². The van der Waals surface area contributed by atoms with Crippen LogP contribution in [0, 0.1) is 0 Å². The van der Waals surface area contributed by atoms with E-state index in [1.807, 2.05) is 42.5 Å². The summed E-state index contributed by atoms with van der Waals surface area (Å²) in [5.74, 6) is -0.948. The molecule has 0 saturated heterocycles. The molecule has 9 heteroatoms. The van der Waals surface area contributed by atoms with Crippen LogP contribution >= 0.6 is 11.6 Å². The zero-order valence-corrected chi connectivity index (χ0v) is 16.3. The smallest absolute Gasteiger partial charge is 0.331 e. The summed E-state index contributed by atoms with van der Waals surface area (Å²) >= 11 is 5.85. The molecule has 0 aliphatic carbocycles. The van der Waals surface area contributed by atoms with E-state index in [0.29, 0.717) is 24.4 Å². The van der Waals surface area contributed by atoms with Crippen molar-refractivity contribution >= 4 is 23.5 Å². The second-order valence-corrected chi connectivity index (χ2v) is 6.77. The summed E-state index contributed by atoms with van der Waals surface area (Å²) in [6, 6.07) is 16.1. The predicted molar refractivity (Wildman–Crippen MR) is 106 cm³/mol. The van der Waals surface area contributed by atoms with Gasteiger partial charge < -0.3 is 10.1 Å². The van der Waals surface area contributed by atoms with Crippen LogP contribution in [0.25, 0.3) is 0 Å². The van der Waals surface area contributed by atoms with Crippen LogP contribution in [0.2, 0.25) is 5.02 Å². The maximum Gasteiger partial charge on any atom is 0.331 e. The van der Waals surface area contributed by atoms with Gasteiger partial charge in [0.05, 0.1) is 0 Å². The summed E-state index contributed by atoms with van der Waals surface area (Å²) in [7, 11) is 0. The Balaban J connectivity index is 1.48. The molecule has 0 fully saturated rings. The summed E-state index contributed by atoms with van der Waals surface area (Å²) in [6.07, 6.45) is 2.35. The molecule has 150 valence electrons. The van der Waals surface area contributed by atoms with E-state index in [9.17, 15) is 9.59 Å². The molecule has 2 aromatic carbocycles. The quantitative estimate of drug-likeness (QED) is 0.539. The third-order valence-corrected chi connectivity index (χ3v) is 4.47. The number of rotatable bonds is 9. The molecule has 1 amide bonds. The monoisotopic (exact) mass is 413 g/mol. The maximum absolute atomic E-state index is 12.5. The van der Waals surface area contributed by atoms with Crippen molar-refractivity contribution in [3.8, 4) is 0 Å². The molecule has 29 heavy (non-hydrogen) atoms. The van der Waals surface area contributed by atoms with Crippen LogP contribution in [-0.2, 0) is 27.2 Å². The molecule has 1 aromatic heterocycles. The summed E-state index contributed by atoms with van der Waals surface area (Å²) in [6.45, 7) is 0.0608. The van der Waals surface area contributed by atoms with E-state index in [0.717, 1.165) is 11.1 Å². The lowest BCUT2D eigenvalue weighted by atomic mass is 10.1. The lowest BCUT2D eigenvalue weighted by Crippen LogP contribution is -2.33. The van der Waals surface area contributed by atoms with E-state index >= 15 is 0 Å². The van der Waals surface area contributed by atoms with Crippen LogP contribution in [0.3, 0.4) is 0 Å². The molecular formula is C20H20ClN5O3. The molecule has 3 rings (SSSR count). The van der Waals surface area contributed by atoms with Gasteiger partial charge in [0.15, 0.2) is 12.6 Å². The minimum Gasteiger partial charge on any atom is -0.454 e. The number of carbonyl (C=O) groups is 2. The molecule has 8 nitrogen and oxygen atoms in total. The highest BCUT2D eigenvalue weighted by atomic mass is 35.5. The Morgan fingerprint density at radius 2 is 1.83 bits per heavy atom. The number of hydrogen-bond donors (Lipinski definition) is 1. The number of tetrazole rings is 1. The van der Waals surface area contributed by atoms with Gasteiger partial charge in [0, 0.05) is 18.0 Å². The summed E-state index contributed by atoms with van der Waals surface area (Å²) in [4.78, 5) is 24.5. The van der Waals surface area contributed by atoms with Crippen molar-refractivity contribution in [3.63, 3.8) is 0 Å². The molecule has 0 aliphatic heterocycles. The van der Waals surface area contributed by atoms with Gasteiger partial charge in [0.2, 0.25) is 0 Å². The minimum atomic E-state index is -0.755. The van der Waals surface area contributed by atoms with Crippen LogP contribution < -0.4 is 5.32 Å². The molecule has 0 aliphatic rings. The van der Waals surface area contributed by atoms with Crippen LogP contribution in [0.1, 0.15) is 17.2 Å². The summed E-state index contributed by atoms with van der Waals surface area (Å²) in [5.41, 5.74) is 1.98. The third kappa shape index (κ3) is 6.39. The van der Waals surface area contributed by atoms with E-state index in [1.165, 1.54) is 11.0 Å². The third-order valence-electron chi connectivity index (χ3n) is 4.22. The number of halogens is 1. The predicted octanol–water partition coefficient (Wildman–Crippen LogP) is 2.01. The Morgan fingerprint density at radius 3 is 2.52 bits per heavy atom. The molecule has 3 aromatic rings. The van der Waals surface area contributed by atoms with E-state index in [4.69, 9.17) is 16.3 Å². The minimum absolute atomic E-state index is 0.350. The van der Waals surface area contributed by atoms with Crippen LogP contribution in [-0.4, -0.2) is 45.2 Å². The molecule has 0 unspecified atom stereocenters. The first kappa shape index (κ1) is 20.5. The van der Waals surface area contributed by atoms with Gasteiger partial charge in [-0.2, -0.15) is 0 Å². The fourth-order valence-electron chi connectivity index (χ4n) is 2.71. The fraction of sp³-hybridized carbons (Fsp3) is 0.250. The van der Waals surface area contributed by atoms with Crippen molar-refractivity contribution in [2.24, 2.45) is 0 Å². The first-order valence-corrected chi connectivity index (χ1v) is 9.44. The zero-order valence-electron chi connectivity index (χ0n) is 15.6. The Hall–Kier alpha value is -3.26. The van der Waals surface area contributed by atoms with Crippen LogP contribution in [0.4, 0.5) is 0 Å². The summed E-state index contributed by atoms with van der Waals surface area (Å²) in [5, 5.41) is 14.3. The van der Waals surface area contributed by atoms with Gasteiger partial charge >= 0.3 is 5.97 Å². The van der Waals surface area contributed by atoms with Crippen molar-refractivity contribution in [2.75, 3.05) is 13.2 Å². The number of benzene rings is 2. The highest BCUT2D eigenvalue weighted by Crippen LogP contribution is 2.15. The number of carbonyl (C=O) groups excluding carboxylic acids is 2. The molecule has 1 N–H and O–H groups in total. The van der Waals surface area contributed by atoms with Crippen LogP contribution in [0.5, 0.6) is 0 Å². The van der Waals surface area contributed by atoms with E-state index < -0.39 is 12.0 Å². The van der Waals surface area contributed by atoms with Crippen molar-refractivity contribution in [1.29, 1.82) is 0 Å². The standard InChI is InChI=1S/C20H20ClN5O3/c21-17-8-6-15(7-9-17)10-11-22-19(27)13-29-20(28)18(26-14-23-24-25-26)12-16-4-2-1-3-5-16/h1-9,14,18H,10-13H2,(H,22,27)/t18-/m0/s1. The average molecular weight is 414 g/mol. The maximum atomic E-state index is 12.5. The normalized spacial score (nSPS) is 11.6. The largest absolute Gasteiger partial charge is 0.454 e. The van der Waals surface area contributed by atoms with Gasteiger partial charge in [-0.05, 0) is 40.1 Å². The summed E-state index contributed by atoms with van der Waals surface area (Å²) < 4.78 is 6.52. The van der Waals surface area contributed by atoms with Crippen molar-refractivity contribution in [3.05, 3.63) is 77.1 Å². The van der Waals surface area contributed by atoms with Gasteiger partial charge in [-0.1, -0.05) is 54.1 Å². The second kappa shape index (κ2) is 10.3. The Morgan fingerprint density at radius 1 is 1.07 bits per heavy atom. The molecule has 0 bridgehead atoms. The highest BCUT2D eigenvalue weighted by Gasteiger charge is 2.24. The average Bonchev–Trinajstić information content (AvgIpc) is 3.27. The van der Waals surface area contributed by atoms with Gasteiger partial charge in [-0.25, -0.2) is 9.48 Å². The van der Waals surface area contributed by atoms with Crippen molar-refractivity contribution in [1.82, 2.24) is 25.5 Å². The first-order valence-electron chi connectivity index (χ1n) is 9.06. The Kier molecular flexibility index (Phi) is 7.29. The molecule has 0 radical (unpaired) electrons. The fourth-order valence-corrected chi connectivity index (χ4v) is 2.84. The first-order chi connectivity index (χ1) is 14.1. The van der Waals surface area contributed by atoms with Crippen molar-refractivity contribution in [2.45, 2.75) is 18.9 Å². The lowest BCUT2D eigenvalue weighted by Gasteiger charge is -2.15. The Bertz CT molecular complexity index is 917. The van der Waals surface area contributed by atoms with E-state index in [1.54, 1.807) is 12.1 Å².